The summed E-state index contributed by atoms with van der Waals surface area (Å²) in [5.41, 5.74) is 4.37. The van der Waals surface area contributed by atoms with Crippen LogP contribution in [0.15, 0.2) is 72.8 Å². The number of nitro benzene ring substituents is 1. The predicted molar refractivity (Wildman–Crippen MR) is 148 cm³/mol. The van der Waals surface area contributed by atoms with Gasteiger partial charge in [-0.25, -0.2) is 0 Å². The van der Waals surface area contributed by atoms with Crippen LogP contribution in [0.1, 0.15) is 22.6 Å². The third-order valence-corrected chi connectivity index (χ3v) is 6.95. The van der Waals surface area contributed by atoms with Crippen molar-refractivity contribution in [2.75, 3.05) is 40.4 Å². The minimum absolute atomic E-state index is 0.0618. The largest absolute Gasteiger partial charge is 0.496 e. The first kappa shape index (κ1) is 25.7. The van der Waals surface area contributed by atoms with E-state index >= 15 is 0 Å². The maximum absolute atomic E-state index is 11.8. The van der Waals surface area contributed by atoms with Crippen molar-refractivity contribution in [2.45, 2.75) is 5.92 Å². The molecular weight excluding hydrogens is 500 g/mol. The van der Waals surface area contributed by atoms with E-state index in [9.17, 15) is 10.1 Å². The van der Waals surface area contributed by atoms with E-state index in [0.29, 0.717) is 34.4 Å². The van der Waals surface area contributed by atoms with Crippen molar-refractivity contribution in [3.63, 3.8) is 0 Å². The molecule has 1 aliphatic heterocycles. The standard InChI is InChI=1S/C30H28N2O7/c1-35-22-16-15-18(32(33)34)17-21(22)31-19-9-6-11-23(36-2)27(19)30(28-20(31)10-7-12-24(28)37-3)29-25(38-4)13-8-14-26(29)39-5/h6-17,30H,1-5H3. The SMILES string of the molecule is COc1ccc([N+](=O)[O-])cc1N1c2cccc(OC)c2C(c2c(OC)cccc2OC)c2c(OC)cccc21. The number of ether oxygens (including phenoxy) is 5. The molecule has 0 saturated carbocycles. The number of non-ortho nitro benzene ring substituents is 1. The number of fused-ring (bicyclic) bond motifs is 2. The van der Waals surface area contributed by atoms with Crippen molar-refractivity contribution in [1.29, 1.82) is 0 Å². The summed E-state index contributed by atoms with van der Waals surface area (Å²) >= 11 is 0. The van der Waals surface area contributed by atoms with Crippen molar-refractivity contribution in [2.24, 2.45) is 0 Å². The molecular formula is C30H28N2O7. The average molecular weight is 529 g/mol. The molecule has 9 nitrogen and oxygen atoms in total. The second-order valence-electron chi connectivity index (χ2n) is 8.74. The van der Waals surface area contributed by atoms with E-state index in [1.807, 2.05) is 59.5 Å². The van der Waals surface area contributed by atoms with Gasteiger partial charge in [-0.2, -0.15) is 0 Å². The summed E-state index contributed by atoms with van der Waals surface area (Å²) in [7, 11) is 8.00. The zero-order chi connectivity index (χ0) is 27.7. The first-order chi connectivity index (χ1) is 19.0. The first-order valence-electron chi connectivity index (χ1n) is 12.2. The molecule has 39 heavy (non-hydrogen) atoms. The minimum Gasteiger partial charge on any atom is -0.496 e. The van der Waals surface area contributed by atoms with Crippen LogP contribution < -0.4 is 28.6 Å². The number of hydrogen-bond acceptors (Lipinski definition) is 8. The molecule has 0 N–H and O–H groups in total. The molecule has 9 heteroatoms. The molecule has 0 amide bonds. The molecule has 0 radical (unpaired) electrons. The fourth-order valence-electron chi connectivity index (χ4n) is 5.34. The molecule has 0 atom stereocenters. The Morgan fingerprint density at radius 1 is 0.590 bits per heavy atom. The number of nitrogens with zero attached hydrogens (tertiary/aromatic N) is 2. The lowest BCUT2D eigenvalue weighted by molar-refractivity contribution is -0.384. The maximum Gasteiger partial charge on any atom is 0.271 e. The highest BCUT2D eigenvalue weighted by molar-refractivity contribution is 5.91. The summed E-state index contributed by atoms with van der Waals surface area (Å²) in [4.78, 5) is 13.3. The van der Waals surface area contributed by atoms with Crippen LogP contribution >= 0.6 is 0 Å². The summed E-state index contributed by atoms with van der Waals surface area (Å²) in [6, 6.07) is 21.6. The zero-order valence-electron chi connectivity index (χ0n) is 22.3. The van der Waals surface area contributed by atoms with Crippen LogP contribution in [0.5, 0.6) is 28.7 Å². The van der Waals surface area contributed by atoms with Crippen LogP contribution in [0.25, 0.3) is 0 Å². The van der Waals surface area contributed by atoms with Gasteiger partial charge in [0.15, 0.2) is 0 Å². The molecule has 0 aromatic heterocycles. The minimum atomic E-state index is -0.436. The summed E-state index contributed by atoms with van der Waals surface area (Å²) in [6.45, 7) is 0. The number of nitro groups is 1. The van der Waals surface area contributed by atoms with Gasteiger partial charge in [-0.05, 0) is 42.5 Å². The Labute approximate surface area is 226 Å². The fraction of sp³-hybridized carbons (Fsp3) is 0.200. The Hall–Kier alpha value is -4.92. The average Bonchev–Trinajstić information content (AvgIpc) is 2.98. The van der Waals surface area contributed by atoms with E-state index in [1.165, 1.54) is 19.2 Å². The highest BCUT2D eigenvalue weighted by atomic mass is 16.6. The lowest BCUT2D eigenvalue weighted by Crippen LogP contribution is -2.24. The quantitative estimate of drug-likeness (QED) is 0.164. The molecule has 0 bridgehead atoms. The van der Waals surface area contributed by atoms with E-state index in [-0.39, 0.29) is 5.69 Å². The third-order valence-electron chi connectivity index (χ3n) is 6.95. The number of rotatable bonds is 8. The molecule has 4 aromatic rings. The Balaban J connectivity index is 1.95. The van der Waals surface area contributed by atoms with Crippen molar-refractivity contribution in [3.05, 3.63) is 99.6 Å². The molecule has 1 aliphatic rings. The summed E-state index contributed by atoms with van der Waals surface area (Å²) in [5, 5.41) is 11.8. The van der Waals surface area contributed by atoms with Gasteiger partial charge in [-0.1, -0.05) is 18.2 Å². The van der Waals surface area contributed by atoms with E-state index in [4.69, 9.17) is 23.7 Å². The number of methoxy groups -OCH3 is 5. The molecule has 5 rings (SSSR count). The molecule has 0 spiro atoms. The van der Waals surface area contributed by atoms with Crippen molar-refractivity contribution in [3.8, 4) is 28.7 Å². The Morgan fingerprint density at radius 2 is 1.03 bits per heavy atom. The monoisotopic (exact) mass is 528 g/mol. The van der Waals surface area contributed by atoms with Gasteiger partial charge in [-0.3, -0.25) is 10.1 Å². The van der Waals surface area contributed by atoms with Gasteiger partial charge in [0.25, 0.3) is 5.69 Å². The van der Waals surface area contributed by atoms with Crippen molar-refractivity contribution < 1.29 is 28.6 Å². The third kappa shape index (κ3) is 4.12. The van der Waals surface area contributed by atoms with Gasteiger partial charge in [-0.15, -0.1) is 0 Å². The number of benzene rings is 4. The highest BCUT2D eigenvalue weighted by Crippen LogP contribution is 2.60. The van der Waals surface area contributed by atoms with Crippen LogP contribution in [-0.2, 0) is 0 Å². The maximum atomic E-state index is 11.8. The Bertz CT molecular complexity index is 1480. The lowest BCUT2D eigenvalue weighted by atomic mass is 9.78. The molecule has 0 aliphatic carbocycles. The zero-order valence-corrected chi connectivity index (χ0v) is 22.3. The molecule has 200 valence electrons. The second-order valence-corrected chi connectivity index (χ2v) is 8.74. The van der Waals surface area contributed by atoms with Gasteiger partial charge >= 0.3 is 0 Å². The molecule has 4 aromatic carbocycles. The molecule has 0 saturated heterocycles. The molecule has 0 fully saturated rings. The topological polar surface area (TPSA) is 92.5 Å². The first-order valence-corrected chi connectivity index (χ1v) is 12.2. The fourth-order valence-corrected chi connectivity index (χ4v) is 5.34. The number of anilines is 3. The normalized spacial score (nSPS) is 12.3. The van der Waals surface area contributed by atoms with Gasteiger partial charge in [0.1, 0.15) is 28.7 Å². The van der Waals surface area contributed by atoms with Gasteiger partial charge in [0.2, 0.25) is 0 Å². The summed E-state index contributed by atoms with van der Waals surface area (Å²) in [6.07, 6.45) is 0. The Morgan fingerprint density at radius 3 is 1.46 bits per heavy atom. The van der Waals surface area contributed by atoms with E-state index < -0.39 is 10.8 Å². The summed E-state index contributed by atoms with van der Waals surface area (Å²) < 4.78 is 29.2. The van der Waals surface area contributed by atoms with Crippen LogP contribution in [-0.4, -0.2) is 40.5 Å². The van der Waals surface area contributed by atoms with E-state index in [2.05, 4.69) is 0 Å². The van der Waals surface area contributed by atoms with Crippen LogP contribution in [0, 0.1) is 10.1 Å². The summed E-state index contributed by atoms with van der Waals surface area (Å²) in [5.74, 6) is 2.54. The number of hydrogen-bond donors (Lipinski definition) is 0. The van der Waals surface area contributed by atoms with Crippen molar-refractivity contribution >= 4 is 22.7 Å². The van der Waals surface area contributed by atoms with Crippen molar-refractivity contribution in [1.82, 2.24) is 0 Å². The van der Waals surface area contributed by atoms with Gasteiger partial charge in [0.05, 0.1) is 63.5 Å². The van der Waals surface area contributed by atoms with Crippen LogP contribution in [0.3, 0.4) is 0 Å². The Kier molecular flexibility index (Phi) is 6.89. The highest BCUT2D eigenvalue weighted by Gasteiger charge is 2.40. The molecule has 1 heterocycles. The lowest BCUT2D eigenvalue weighted by Gasteiger charge is -2.40. The van der Waals surface area contributed by atoms with E-state index in [1.54, 1.807) is 34.5 Å². The van der Waals surface area contributed by atoms with Gasteiger partial charge in [0, 0.05) is 28.8 Å². The second kappa shape index (κ2) is 10.4. The van der Waals surface area contributed by atoms with Gasteiger partial charge < -0.3 is 28.6 Å². The van der Waals surface area contributed by atoms with Crippen LogP contribution in [0.4, 0.5) is 22.7 Å². The molecule has 0 unspecified atom stereocenters. The smallest absolute Gasteiger partial charge is 0.271 e. The van der Waals surface area contributed by atoms with E-state index in [0.717, 1.165) is 28.1 Å². The predicted octanol–water partition coefficient (Wildman–Crippen LogP) is 6.60. The van der Waals surface area contributed by atoms with Crippen LogP contribution in [0.2, 0.25) is 0 Å².